The number of benzene rings is 1. The zero-order chi connectivity index (χ0) is 15.6. The van der Waals surface area contributed by atoms with Gasteiger partial charge in [0.05, 0.1) is 4.90 Å². The topological polar surface area (TPSA) is 102 Å². The Morgan fingerprint density at radius 1 is 1.29 bits per heavy atom. The first kappa shape index (κ1) is 14.9. The summed E-state index contributed by atoms with van der Waals surface area (Å²) in [5.41, 5.74) is 5.77. The molecule has 0 bridgehead atoms. The van der Waals surface area contributed by atoms with Crippen LogP contribution >= 0.6 is 0 Å². The number of hydrogen-bond acceptors (Lipinski definition) is 5. The van der Waals surface area contributed by atoms with Gasteiger partial charge in [0, 0.05) is 17.5 Å². The van der Waals surface area contributed by atoms with Crippen LogP contribution in [0.25, 0.3) is 0 Å². The second-order valence-electron chi connectivity index (χ2n) is 4.36. The van der Waals surface area contributed by atoms with Crippen LogP contribution in [0.3, 0.4) is 0 Å². The molecule has 0 saturated heterocycles. The summed E-state index contributed by atoms with van der Waals surface area (Å²) >= 11 is 0. The minimum Gasteiger partial charge on any atom is -0.399 e. The van der Waals surface area contributed by atoms with Gasteiger partial charge in [-0.15, -0.1) is 0 Å². The number of amides is 1. The number of nitrogen functional groups attached to an aromatic ring is 1. The number of rotatable bonds is 3. The van der Waals surface area contributed by atoms with E-state index in [1.165, 1.54) is 30.3 Å². The Morgan fingerprint density at radius 2 is 2.00 bits per heavy atom. The quantitative estimate of drug-likeness (QED) is 0.660. The van der Waals surface area contributed by atoms with E-state index in [0.29, 0.717) is 0 Å². The number of carbonyl (C=O) groups excluding carboxylic acids is 1. The van der Waals surface area contributed by atoms with Gasteiger partial charge in [-0.3, -0.25) is 4.79 Å². The molecule has 0 aliphatic carbocycles. The molecule has 2 aromatic rings. The van der Waals surface area contributed by atoms with Crippen molar-refractivity contribution in [2.45, 2.75) is 4.90 Å². The molecule has 8 heteroatoms. The normalized spacial score (nSPS) is 11.1. The number of nitrogens with zero attached hydrogens (tertiary/aromatic N) is 1. The number of halogens is 1. The predicted octanol–water partition coefficient (Wildman–Crippen LogP) is 1.46. The third-order valence-corrected chi connectivity index (χ3v) is 3.67. The fraction of sp³-hybridized carbons (Fsp3) is 0.0769. The summed E-state index contributed by atoms with van der Waals surface area (Å²) in [7, 11) is -3.50. The van der Waals surface area contributed by atoms with Crippen LogP contribution < -0.4 is 11.1 Å². The van der Waals surface area contributed by atoms with Crippen molar-refractivity contribution in [2.24, 2.45) is 0 Å². The molecule has 110 valence electrons. The molecule has 0 aliphatic rings. The van der Waals surface area contributed by atoms with Gasteiger partial charge < -0.3 is 11.1 Å². The lowest BCUT2D eigenvalue weighted by Crippen LogP contribution is -2.14. The Labute approximate surface area is 120 Å². The number of aromatic nitrogens is 1. The van der Waals surface area contributed by atoms with Crippen LogP contribution in [0.4, 0.5) is 15.9 Å². The molecule has 1 heterocycles. The molecule has 21 heavy (non-hydrogen) atoms. The average molecular weight is 309 g/mol. The zero-order valence-electron chi connectivity index (χ0n) is 11.0. The van der Waals surface area contributed by atoms with Gasteiger partial charge in [-0.1, -0.05) is 6.07 Å². The highest BCUT2D eigenvalue weighted by atomic mass is 32.2. The van der Waals surface area contributed by atoms with Gasteiger partial charge in [0.25, 0.3) is 5.91 Å². The number of pyridine rings is 1. The van der Waals surface area contributed by atoms with E-state index in [1.807, 2.05) is 0 Å². The van der Waals surface area contributed by atoms with Crippen LogP contribution in [0.1, 0.15) is 10.4 Å². The molecule has 0 radical (unpaired) electrons. The standard InChI is InChI=1S/C13H12FN3O3S/c1-21(19,20)10-6-8(5-9(15)7-10)13(18)17-12-4-2-3-11(14)16-12/h2-7H,15H2,1H3,(H,16,17,18). The maximum atomic E-state index is 12.9. The van der Waals surface area contributed by atoms with Crippen LogP contribution in [0.2, 0.25) is 0 Å². The van der Waals surface area contributed by atoms with Crippen molar-refractivity contribution in [2.75, 3.05) is 17.3 Å². The summed E-state index contributed by atoms with van der Waals surface area (Å²) in [4.78, 5) is 15.4. The van der Waals surface area contributed by atoms with Crippen LogP contribution in [0, 0.1) is 5.95 Å². The van der Waals surface area contributed by atoms with Crippen molar-refractivity contribution in [3.05, 3.63) is 47.9 Å². The summed E-state index contributed by atoms with van der Waals surface area (Å²) in [6.45, 7) is 0. The van der Waals surface area contributed by atoms with Crippen molar-refractivity contribution in [1.82, 2.24) is 4.98 Å². The lowest BCUT2D eigenvalue weighted by atomic mass is 10.2. The highest BCUT2D eigenvalue weighted by Gasteiger charge is 2.14. The Hall–Kier alpha value is -2.48. The highest BCUT2D eigenvalue weighted by molar-refractivity contribution is 7.90. The smallest absolute Gasteiger partial charge is 0.256 e. The van der Waals surface area contributed by atoms with E-state index in [9.17, 15) is 17.6 Å². The summed E-state index contributed by atoms with van der Waals surface area (Å²) in [5.74, 6) is -1.36. The number of nitrogens with two attached hydrogens (primary N) is 1. The highest BCUT2D eigenvalue weighted by Crippen LogP contribution is 2.18. The second-order valence-corrected chi connectivity index (χ2v) is 6.38. The summed E-state index contributed by atoms with van der Waals surface area (Å²) in [6, 6.07) is 7.71. The van der Waals surface area contributed by atoms with E-state index in [0.717, 1.165) is 12.3 Å². The van der Waals surface area contributed by atoms with Crippen LogP contribution in [-0.4, -0.2) is 25.6 Å². The van der Waals surface area contributed by atoms with Gasteiger partial charge in [0.2, 0.25) is 5.95 Å². The zero-order valence-corrected chi connectivity index (χ0v) is 11.8. The third-order valence-electron chi connectivity index (χ3n) is 2.58. The van der Waals surface area contributed by atoms with Gasteiger partial charge in [0.1, 0.15) is 5.82 Å². The molecule has 1 amide bonds. The molecule has 0 saturated carbocycles. The first-order chi connectivity index (χ1) is 9.75. The molecule has 6 nitrogen and oxygen atoms in total. The van der Waals surface area contributed by atoms with Crippen molar-refractivity contribution in [3.63, 3.8) is 0 Å². The molecule has 0 unspecified atom stereocenters. The molecule has 2 rings (SSSR count). The van der Waals surface area contributed by atoms with E-state index in [2.05, 4.69) is 10.3 Å². The molecule has 0 atom stereocenters. The minimum absolute atomic E-state index is 0.0170. The lowest BCUT2D eigenvalue weighted by molar-refractivity contribution is 0.102. The third kappa shape index (κ3) is 3.76. The number of anilines is 2. The van der Waals surface area contributed by atoms with E-state index in [1.54, 1.807) is 0 Å². The van der Waals surface area contributed by atoms with Gasteiger partial charge in [0.15, 0.2) is 9.84 Å². The molecule has 0 spiro atoms. The Morgan fingerprint density at radius 3 is 2.62 bits per heavy atom. The van der Waals surface area contributed by atoms with E-state index >= 15 is 0 Å². The fourth-order valence-corrected chi connectivity index (χ4v) is 2.32. The molecule has 3 N–H and O–H groups in total. The number of nitrogens with one attached hydrogen (secondary N) is 1. The Bertz CT molecular complexity index is 806. The predicted molar refractivity (Wildman–Crippen MR) is 76.1 cm³/mol. The van der Waals surface area contributed by atoms with Crippen molar-refractivity contribution in [3.8, 4) is 0 Å². The number of sulfone groups is 1. The van der Waals surface area contributed by atoms with E-state index in [-0.39, 0.29) is 22.0 Å². The molecule has 0 fully saturated rings. The van der Waals surface area contributed by atoms with Crippen molar-refractivity contribution >= 4 is 27.2 Å². The SMILES string of the molecule is CS(=O)(=O)c1cc(N)cc(C(=O)Nc2cccc(F)n2)c1. The Kier molecular flexibility index (Phi) is 3.90. The van der Waals surface area contributed by atoms with Gasteiger partial charge in [-0.05, 0) is 30.3 Å². The van der Waals surface area contributed by atoms with Gasteiger partial charge >= 0.3 is 0 Å². The average Bonchev–Trinajstić information content (AvgIpc) is 2.37. The largest absolute Gasteiger partial charge is 0.399 e. The molecular weight excluding hydrogens is 297 g/mol. The van der Waals surface area contributed by atoms with Crippen LogP contribution in [0.15, 0.2) is 41.3 Å². The van der Waals surface area contributed by atoms with E-state index in [4.69, 9.17) is 5.73 Å². The van der Waals surface area contributed by atoms with Gasteiger partial charge in [-0.2, -0.15) is 4.39 Å². The van der Waals surface area contributed by atoms with Gasteiger partial charge in [-0.25, -0.2) is 13.4 Å². The second kappa shape index (κ2) is 5.49. The first-order valence-electron chi connectivity index (χ1n) is 5.80. The fourth-order valence-electron chi connectivity index (χ4n) is 1.63. The minimum atomic E-state index is -3.50. The van der Waals surface area contributed by atoms with Crippen LogP contribution in [0.5, 0.6) is 0 Å². The molecule has 1 aromatic carbocycles. The molecule has 1 aromatic heterocycles. The maximum Gasteiger partial charge on any atom is 0.256 e. The van der Waals surface area contributed by atoms with E-state index < -0.39 is 21.7 Å². The van der Waals surface area contributed by atoms with Crippen molar-refractivity contribution < 1.29 is 17.6 Å². The molecule has 0 aliphatic heterocycles. The maximum absolute atomic E-state index is 12.9. The molecular formula is C13H12FN3O3S. The van der Waals surface area contributed by atoms with Crippen LogP contribution in [-0.2, 0) is 9.84 Å². The Balaban J connectivity index is 2.33. The summed E-state index contributed by atoms with van der Waals surface area (Å²) < 4.78 is 36.0. The van der Waals surface area contributed by atoms with Crippen molar-refractivity contribution in [1.29, 1.82) is 0 Å². The summed E-state index contributed by atoms with van der Waals surface area (Å²) in [5, 5.41) is 2.36. The first-order valence-corrected chi connectivity index (χ1v) is 7.69. The number of carbonyl (C=O) groups is 1. The number of hydrogen-bond donors (Lipinski definition) is 2. The monoisotopic (exact) mass is 309 g/mol. The summed E-state index contributed by atoms with van der Waals surface area (Å²) in [6.07, 6.45) is 1.01. The lowest BCUT2D eigenvalue weighted by Gasteiger charge is -2.07.